The molecule has 0 heterocycles. The van der Waals surface area contributed by atoms with Gasteiger partial charge < -0.3 is 14.9 Å². The number of hydrogen-bond acceptors (Lipinski definition) is 3. The summed E-state index contributed by atoms with van der Waals surface area (Å²) >= 11 is 0. The van der Waals surface area contributed by atoms with Gasteiger partial charge in [-0.15, -0.1) is 0 Å². The third-order valence-electron chi connectivity index (χ3n) is 3.01. The van der Waals surface area contributed by atoms with Crippen molar-refractivity contribution in [2.45, 2.75) is 19.1 Å². The van der Waals surface area contributed by atoms with E-state index in [9.17, 15) is 14.6 Å². The largest absolute Gasteiger partial charge is 0.490 e. The van der Waals surface area contributed by atoms with E-state index in [-0.39, 0.29) is 12.2 Å². The van der Waals surface area contributed by atoms with Gasteiger partial charge in [-0.2, -0.15) is 0 Å². The van der Waals surface area contributed by atoms with Crippen LogP contribution in [0.3, 0.4) is 0 Å². The molecule has 0 amide bonds. The lowest BCUT2D eigenvalue weighted by molar-refractivity contribution is 0.108. The van der Waals surface area contributed by atoms with Crippen LogP contribution in [0.2, 0.25) is 0 Å². The normalized spacial score (nSPS) is 13.8. The summed E-state index contributed by atoms with van der Waals surface area (Å²) in [7, 11) is 0. The van der Waals surface area contributed by atoms with E-state index in [4.69, 9.17) is 4.74 Å². The molecule has 3 nitrogen and oxygen atoms in total. The van der Waals surface area contributed by atoms with Crippen molar-refractivity contribution < 1.29 is 19.3 Å². The number of ether oxygens (including phenoxy) is 1. The Hall–Kier alpha value is -1.91. The molecular formula is C16H17FO3. The monoisotopic (exact) mass is 276 g/mol. The molecule has 0 aliphatic carbocycles. The topological polar surface area (TPSA) is 49.7 Å². The highest BCUT2D eigenvalue weighted by molar-refractivity contribution is 5.30. The second-order valence-corrected chi connectivity index (χ2v) is 4.60. The van der Waals surface area contributed by atoms with E-state index in [1.54, 1.807) is 18.2 Å². The lowest BCUT2D eigenvalue weighted by Crippen LogP contribution is -2.09. The molecule has 0 aliphatic heterocycles. The fourth-order valence-corrected chi connectivity index (χ4v) is 1.88. The molecule has 0 aliphatic rings. The molecule has 0 fully saturated rings. The first kappa shape index (κ1) is 14.5. The molecule has 0 radical (unpaired) electrons. The first-order valence-corrected chi connectivity index (χ1v) is 6.41. The van der Waals surface area contributed by atoms with Crippen LogP contribution >= 0.6 is 0 Å². The number of halogens is 1. The molecule has 2 rings (SSSR count). The summed E-state index contributed by atoms with van der Waals surface area (Å²) in [6, 6.07) is 13.4. The Morgan fingerprint density at radius 3 is 2.40 bits per heavy atom. The minimum absolute atomic E-state index is 0.0392. The van der Waals surface area contributed by atoms with Crippen LogP contribution < -0.4 is 4.74 Å². The minimum atomic E-state index is -0.862. The highest BCUT2D eigenvalue weighted by Crippen LogP contribution is 2.22. The van der Waals surface area contributed by atoms with Crippen molar-refractivity contribution in [3.8, 4) is 5.75 Å². The molecule has 0 aromatic heterocycles. The number of aliphatic hydroxyl groups excluding tert-OH is 2. The van der Waals surface area contributed by atoms with Gasteiger partial charge in [0.05, 0.1) is 6.10 Å². The zero-order chi connectivity index (χ0) is 14.5. The molecule has 2 aromatic rings. The molecule has 2 atom stereocenters. The second-order valence-electron chi connectivity index (χ2n) is 4.60. The van der Waals surface area contributed by atoms with Gasteiger partial charge in [0, 0.05) is 11.6 Å². The predicted molar refractivity (Wildman–Crippen MR) is 73.9 cm³/mol. The van der Waals surface area contributed by atoms with Gasteiger partial charge in [0.2, 0.25) is 0 Å². The van der Waals surface area contributed by atoms with E-state index in [2.05, 4.69) is 0 Å². The third kappa shape index (κ3) is 3.56. The van der Waals surface area contributed by atoms with Gasteiger partial charge in [-0.05, 0) is 24.6 Å². The van der Waals surface area contributed by atoms with Crippen molar-refractivity contribution in [3.05, 3.63) is 65.5 Å². The standard InChI is InChI=1S/C16H17FO3/c1-11(18)14-8-7-13(9-15(14)17)20-10-16(19)12-5-3-2-4-6-12/h2-9,11,16,18-19H,10H2,1H3. The Bertz CT molecular complexity index is 555. The summed E-state index contributed by atoms with van der Waals surface area (Å²) < 4.78 is 19.0. The lowest BCUT2D eigenvalue weighted by Gasteiger charge is -2.14. The maximum atomic E-state index is 13.6. The first-order valence-electron chi connectivity index (χ1n) is 6.41. The van der Waals surface area contributed by atoms with Gasteiger partial charge >= 0.3 is 0 Å². The molecule has 20 heavy (non-hydrogen) atoms. The van der Waals surface area contributed by atoms with Crippen LogP contribution in [0.1, 0.15) is 30.3 Å². The Morgan fingerprint density at radius 2 is 1.80 bits per heavy atom. The summed E-state index contributed by atoms with van der Waals surface area (Å²) in [6.07, 6.45) is -1.63. The maximum Gasteiger partial charge on any atom is 0.132 e. The van der Waals surface area contributed by atoms with Crippen LogP contribution in [0.4, 0.5) is 4.39 Å². The van der Waals surface area contributed by atoms with Crippen molar-refractivity contribution in [1.29, 1.82) is 0 Å². The minimum Gasteiger partial charge on any atom is -0.490 e. The van der Waals surface area contributed by atoms with Crippen molar-refractivity contribution in [2.75, 3.05) is 6.61 Å². The number of benzene rings is 2. The van der Waals surface area contributed by atoms with Gasteiger partial charge in [-0.1, -0.05) is 30.3 Å². The first-order chi connectivity index (χ1) is 9.58. The van der Waals surface area contributed by atoms with E-state index < -0.39 is 18.0 Å². The fraction of sp³-hybridized carbons (Fsp3) is 0.250. The van der Waals surface area contributed by atoms with Crippen molar-refractivity contribution in [3.63, 3.8) is 0 Å². The average molecular weight is 276 g/mol. The smallest absolute Gasteiger partial charge is 0.132 e. The second kappa shape index (κ2) is 6.50. The van der Waals surface area contributed by atoms with E-state index in [1.807, 2.05) is 18.2 Å². The van der Waals surface area contributed by atoms with Gasteiger partial charge in [0.15, 0.2) is 0 Å². The molecule has 106 valence electrons. The van der Waals surface area contributed by atoms with Gasteiger partial charge in [-0.3, -0.25) is 0 Å². The Morgan fingerprint density at radius 1 is 1.10 bits per heavy atom. The van der Waals surface area contributed by atoms with Crippen LogP contribution in [-0.2, 0) is 0 Å². The van der Waals surface area contributed by atoms with Crippen molar-refractivity contribution in [1.82, 2.24) is 0 Å². The fourth-order valence-electron chi connectivity index (χ4n) is 1.88. The molecule has 2 aromatic carbocycles. The summed E-state index contributed by atoms with van der Waals surface area (Å²) in [4.78, 5) is 0. The molecule has 0 bridgehead atoms. The quantitative estimate of drug-likeness (QED) is 0.882. The number of rotatable bonds is 5. The summed E-state index contributed by atoms with van der Waals surface area (Å²) in [5.74, 6) is -0.200. The van der Waals surface area contributed by atoms with E-state index >= 15 is 0 Å². The van der Waals surface area contributed by atoms with Crippen LogP contribution in [0.15, 0.2) is 48.5 Å². The average Bonchev–Trinajstić information content (AvgIpc) is 2.45. The Labute approximate surface area is 117 Å². The zero-order valence-corrected chi connectivity index (χ0v) is 11.2. The van der Waals surface area contributed by atoms with Crippen molar-refractivity contribution in [2.24, 2.45) is 0 Å². The molecule has 4 heteroatoms. The van der Waals surface area contributed by atoms with Gasteiger partial charge in [-0.25, -0.2) is 4.39 Å². The van der Waals surface area contributed by atoms with Gasteiger partial charge in [0.25, 0.3) is 0 Å². The van der Waals surface area contributed by atoms with Crippen LogP contribution in [-0.4, -0.2) is 16.8 Å². The van der Waals surface area contributed by atoms with Gasteiger partial charge in [0.1, 0.15) is 24.3 Å². The van der Waals surface area contributed by atoms with Crippen molar-refractivity contribution >= 4 is 0 Å². The molecule has 2 N–H and O–H groups in total. The molecule has 0 saturated heterocycles. The summed E-state index contributed by atoms with van der Waals surface area (Å²) in [6.45, 7) is 1.54. The number of hydrogen-bond donors (Lipinski definition) is 2. The lowest BCUT2D eigenvalue weighted by atomic mass is 10.1. The van der Waals surface area contributed by atoms with E-state index in [0.29, 0.717) is 5.75 Å². The van der Waals surface area contributed by atoms with Crippen LogP contribution in [0.25, 0.3) is 0 Å². The van der Waals surface area contributed by atoms with E-state index in [1.165, 1.54) is 19.1 Å². The zero-order valence-electron chi connectivity index (χ0n) is 11.2. The third-order valence-corrected chi connectivity index (χ3v) is 3.01. The Kier molecular flexibility index (Phi) is 4.71. The predicted octanol–water partition coefficient (Wildman–Crippen LogP) is 2.99. The number of aliphatic hydroxyl groups is 2. The molecular weight excluding hydrogens is 259 g/mol. The Balaban J connectivity index is 1.99. The SMILES string of the molecule is CC(O)c1ccc(OCC(O)c2ccccc2)cc1F. The maximum absolute atomic E-state index is 13.6. The highest BCUT2D eigenvalue weighted by Gasteiger charge is 2.11. The van der Waals surface area contributed by atoms with E-state index in [0.717, 1.165) is 5.56 Å². The summed E-state index contributed by atoms with van der Waals surface area (Å²) in [5.41, 5.74) is 0.967. The summed E-state index contributed by atoms with van der Waals surface area (Å²) in [5, 5.41) is 19.3. The molecule has 0 saturated carbocycles. The molecule has 0 spiro atoms. The van der Waals surface area contributed by atoms with Crippen LogP contribution in [0.5, 0.6) is 5.75 Å². The highest BCUT2D eigenvalue weighted by atomic mass is 19.1. The molecule has 2 unspecified atom stereocenters. The van der Waals surface area contributed by atoms with Crippen LogP contribution in [0, 0.1) is 5.82 Å².